The van der Waals surface area contributed by atoms with Crippen LogP contribution in [0.3, 0.4) is 0 Å². The zero-order valence-electron chi connectivity index (χ0n) is 8.56. The predicted octanol–water partition coefficient (Wildman–Crippen LogP) is 0.724. The third kappa shape index (κ3) is 2.83. The number of nitrogens with zero attached hydrogens (tertiary/aromatic N) is 1. The van der Waals surface area contributed by atoms with Crippen LogP contribution in [0.1, 0.15) is 0 Å². The summed E-state index contributed by atoms with van der Waals surface area (Å²) in [4.78, 5) is 23.9. The molecule has 1 rings (SSSR count). The number of esters is 1. The molecule has 1 amide bonds. The summed E-state index contributed by atoms with van der Waals surface area (Å²) >= 11 is 0. The van der Waals surface area contributed by atoms with Gasteiger partial charge in [0.25, 0.3) is 0 Å². The number of methoxy groups -OCH3 is 1. The van der Waals surface area contributed by atoms with Crippen molar-refractivity contribution in [2.75, 3.05) is 26.8 Å². The summed E-state index contributed by atoms with van der Waals surface area (Å²) in [7, 11) is 1.31. The van der Waals surface area contributed by atoms with E-state index in [4.69, 9.17) is 4.74 Å². The first kappa shape index (κ1) is 11.3. The number of ether oxygens (including phenoxy) is 2. The smallest absolute Gasteiger partial charge is 0.410 e. The van der Waals surface area contributed by atoms with Gasteiger partial charge in [0.15, 0.2) is 0 Å². The molecule has 5 heteroatoms. The standard InChI is InChI=1S/C10H13NO4/c1-3-6-15-10(13)11-5-4-8(7-11)9(12)14-2/h3-4H,1,5-7H2,2H3. The van der Waals surface area contributed by atoms with Crippen LogP contribution in [0.25, 0.3) is 0 Å². The first-order chi connectivity index (χ1) is 7.19. The zero-order valence-corrected chi connectivity index (χ0v) is 8.56. The van der Waals surface area contributed by atoms with Crippen molar-refractivity contribution in [1.29, 1.82) is 0 Å². The van der Waals surface area contributed by atoms with Gasteiger partial charge in [-0.15, -0.1) is 0 Å². The SMILES string of the molecule is C=CCOC(=O)N1CC=C(C(=O)OC)C1. The molecule has 1 heterocycles. The second kappa shape index (κ2) is 5.19. The molecule has 82 valence electrons. The minimum atomic E-state index is -0.454. The van der Waals surface area contributed by atoms with E-state index in [1.807, 2.05) is 0 Å². The maximum Gasteiger partial charge on any atom is 0.410 e. The molecule has 5 nitrogen and oxygen atoms in total. The van der Waals surface area contributed by atoms with E-state index in [9.17, 15) is 9.59 Å². The van der Waals surface area contributed by atoms with Crippen molar-refractivity contribution in [2.24, 2.45) is 0 Å². The molecule has 0 bridgehead atoms. The van der Waals surface area contributed by atoms with Crippen molar-refractivity contribution < 1.29 is 19.1 Å². The summed E-state index contributed by atoms with van der Waals surface area (Å²) in [6.45, 7) is 4.22. The number of carbonyl (C=O) groups excluding carboxylic acids is 2. The molecule has 1 aliphatic rings. The van der Waals surface area contributed by atoms with E-state index in [0.29, 0.717) is 12.1 Å². The molecule has 0 aliphatic carbocycles. The van der Waals surface area contributed by atoms with Crippen LogP contribution in [-0.2, 0) is 14.3 Å². The van der Waals surface area contributed by atoms with Gasteiger partial charge in [-0.2, -0.15) is 0 Å². The van der Waals surface area contributed by atoms with Gasteiger partial charge in [-0.05, 0) is 0 Å². The lowest BCUT2D eigenvalue weighted by Gasteiger charge is -2.14. The highest BCUT2D eigenvalue weighted by atomic mass is 16.6. The van der Waals surface area contributed by atoms with Crippen LogP contribution in [0, 0.1) is 0 Å². The summed E-state index contributed by atoms with van der Waals surface area (Å²) in [6, 6.07) is 0. The molecule has 0 aromatic rings. The quantitative estimate of drug-likeness (QED) is 0.510. The van der Waals surface area contributed by atoms with E-state index < -0.39 is 12.1 Å². The molecule has 0 aromatic heterocycles. The molecule has 0 fully saturated rings. The molecule has 15 heavy (non-hydrogen) atoms. The Balaban J connectivity index is 2.42. The summed E-state index contributed by atoms with van der Waals surface area (Å²) in [5.41, 5.74) is 0.480. The van der Waals surface area contributed by atoms with Gasteiger partial charge in [0.05, 0.1) is 19.2 Å². The molecular formula is C10H13NO4. The van der Waals surface area contributed by atoms with Crippen molar-refractivity contribution in [3.05, 3.63) is 24.3 Å². The number of carbonyl (C=O) groups is 2. The van der Waals surface area contributed by atoms with E-state index in [2.05, 4.69) is 11.3 Å². The second-order valence-corrected chi connectivity index (χ2v) is 2.97. The Kier molecular flexibility index (Phi) is 3.91. The van der Waals surface area contributed by atoms with Crippen LogP contribution in [0.5, 0.6) is 0 Å². The van der Waals surface area contributed by atoms with Crippen LogP contribution in [-0.4, -0.2) is 43.8 Å². The molecule has 0 aromatic carbocycles. The summed E-state index contributed by atoms with van der Waals surface area (Å²) in [6.07, 6.45) is 2.69. The zero-order chi connectivity index (χ0) is 11.3. The highest BCUT2D eigenvalue weighted by Crippen LogP contribution is 2.11. The van der Waals surface area contributed by atoms with E-state index in [0.717, 1.165) is 0 Å². The van der Waals surface area contributed by atoms with Crippen molar-refractivity contribution in [2.45, 2.75) is 0 Å². The Morgan fingerprint density at radius 2 is 2.40 bits per heavy atom. The highest BCUT2D eigenvalue weighted by molar-refractivity contribution is 5.90. The Morgan fingerprint density at radius 1 is 1.67 bits per heavy atom. The van der Waals surface area contributed by atoms with Crippen LogP contribution >= 0.6 is 0 Å². The lowest BCUT2D eigenvalue weighted by atomic mass is 10.3. The van der Waals surface area contributed by atoms with E-state index in [1.54, 1.807) is 6.08 Å². The lowest BCUT2D eigenvalue weighted by Crippen LogP contribution is -2.30. The van der Waals surface area contributed by atoms with E-state index >= 15 is 0 Å². The minimum Gasteiger partial charge on any atom is -0.466 e. The van der Waals surface area contributed by atoms with Gasteiger partial charge in [-0.3, -0.25) is 4.90 Å². The van der Waals surface area contributed by atoms with Crippen molar-refractivity contribution in [3.8, 4) is 0 Å². The highest BCUT2D eigenvalue weighted by Gasteiger charge is 2.24. The van der Waals surface area contributed by atoms with Gasteiger partial charge in [0.1, 0.15) is 6.61 Å². The lowest BCUT2D eigenvalue weighted by molar-refractivity contribution is -0.136. The fourth-order valence-electron chi connectivity index (χ4n) is 1.19. The minimum absolute atomic E-state index is 0.170. The van der Waals surface area contributed by atoms with Gasteiger partial charge >= 0.3 is 12.1 Å². The Bertz CT molecular complexity index is 309. The first-order valence-corrected chi connectivity index (χ1v) is 4.49. The van der Waals surface area contributed by atoms with Crippen molar-refractivity contribution in [3.63, 3.8) is 0 Å². The van der Waals surface area contributed by atoms with Gasteiger partial charge in [-0.25, -0.2) is 9.59 Å². The third-order valence-electron chi connectivity index (χ3n) is 1.95. The van der Waals surface area contributed by atoms with Gasteiger partial charge < -0.3 is 9.47 Å². The van der Waals surface area contributed by atoms with Gasteiger partial charge in [0, 0.05) is 6.54 Å². The number of rotatable bonds is 3. The monoisotopic (exact) mass is 211 g/mol. The van der Waals surface area contributed by atoms with Crippen LogP contribution in [0.15, 0.2) is 24.3 Å². The third-order valence-corrected chi connectivity index (χ3v) is 1.95. The Labute approximate surface area is 87.9 Å². The second-order valence-electron chi connectivity index (χ2n) is 2.97. The molecule has 0 atom stereocenters. The maximum absolute atomic E-state index is 11.3. The molecule has 0 unspecified atom stereocenters. The number of hydrogen-bond donors (Lipinski definition) is 0. The van der Waals surface area contributed by atoms with Gasteiger partial charge in [0.2, 0.25) is 0 Å². The normalized spacial score (nSPS) is 14.5. The molecule has 0 N–H and O–H groups in total. The van der Waals surface area contributed by atoms with E-state index in [1.165, 1.54) is 18.1 Å². The molecule has 0 spiro atoms. The van der Waals surface area contributed by atoms with Gasteiger partial charge in [-0.1, -0.05) is 18.7 Å². The summed E-state index contributed by atoms with van der Waals surface area (Å²) < 4.78 is 9.36. The fraction of sp³-hybridized carbons (Fsp3) is 0.400. The fourth-order valence-corrected chi connectivity index (χ4v) is 1.19. The summed E-state index contributed by atoms with van der Waals surface area (Å²) in [5, 5.41) is 0. The predicted molar refractivity (Wildman–Crippen MR) is 53.2 cm³/mol. The summed E-state index contributed by atoms with van der Waals surface area (Å²) in [5.74, 6) is -0.408. The topological polar surface area (TPSA) is 55.8 Å². The van der Waals surface area contributed by atoms with Crippen LogP contribution in [0.4, 0.5) is 4.79 Å². The van der Waals surface area contributed by atoms with Crippen LogP contribution < -0.4 is 0 Å². The Morgan fingerprint density at radius 3 is 3.00 bits per heavy atom. The molecular weight excluding hydrogens is 198 g/mol. The maximum atomic E-state index is 11.3. The van der Waals surface area contributed by atoms with Crippen molar-refractivity contribution in [1.82, 2.24) is 4.90 Å². The molecule has 1 aliphatic heterocycles. The molecule has 0 radical (unpaired) electrons. The number of hydrogen-bond acceptors (Lipinski definition) is 4. The Hall–Kier alpha value is -1.78. The average Bonchev–Trinajstić information content (AvgIpc) is 2.74. The first-order valence-electron chi connectivity index (χ1n) is 4.49. The largest absolute Gasteiger partial charge is 0.466 e. The van der Waals surface area contributed by atoms with Crippen LogP contribution in [0.2, 0.25) is 0 Å². The molecule has 0 saturated heterocycles. The molecule has 0 saturated carbocycles. The van der Waals surface area contributed by atoms with Crippen molar-refractivity contribution >= 4 is 12.1 Å². The van der Waals surface area contributed by atoms with E-state index in [-0.39, 0.29) is 13.2 Å². The number of amides is 1. The average molecular weight is 211 g/mol.